The molecule has 0 saturated carbocycles. The lowest BCUT2D eigenvalue weighted by atomic mass is 9.89. The number of anilines is 1. The summed E-state index contributed by atoms with van der Waals surface area (Å²) in [5.41, 5.74) is -0.403. The maximum Gasteiger partial charge on any atom is 0.407 e. The van der Waals surface area contributed by atoms with Crippen molar-refractivity contribution >= 4 is 12.0 Å². The van der Waals surface area contributed by atoms with E-state index in [1.54, 1.807) is 0 Å². The highest BCUT2D eigenvalue weighted by molar-refractivity contribution is 5.70. The number of aromatic nitrogens is 3. The van der Waals surface area contributed by atoms with Crippen LogP contribution in [-0.4, -0.2) is 51.2 Å². The zero-order valence-corrected chi connectivity index (χ0v) is 16.4. The quantitative estimate of drug-likeness (QED) is 0.816. The van der Waals surface area contributed by atoms with Crippen molar-refractivity contribution in [3.63, 3.8) is 0 Å². The molecule has 150 valence electrons. The van der Waals surface area contributed by atoms with Crippen molar-refractivity contribution in [2.45, 2.75) is 50.8 Å². The van der Waals surface area contributed by atoms with E-state index in [-0.39, 0.29) is 11.6 Å². The molecular formula is C20H27N5O3. The minimum Gasteiger partial charge on any atom is -0.447 e. The molecule has 2 N–H and O–H groups in total. The second-order valence-electron chi connectivity index (χ2n) is 7.95. The lowest BCUT2D eigenvalue weighted by Gasteiger charge is -2.37. The Labute approximate surface area is 164 Å². The number of hydrogen-bond donors (Lipinski definition) is 2. The third-order valence-electron chi connectivity index (χ3n) is 5.87. The number of amides is 1. The van der Waals surface area contributed by atoms with Crippen LogP contribution in [-0.2, 0) is 23.3 Å². The van der Waals surface area contributed by atoms with Crippen molar-refractivity contribution < 1.29 is 14.6 Å². The molecule has 1 atom stereocenters. The fourth-order valence-electron chi connectivity index (χ4n) is 4.12. The minimum absolute atomic E-state index is 0.246. The number of piperidine rings is 1. The SMILES string of the molecule is CCn1c(CC(C)(O)c2ccccc2)nnc1N1CCC2(CC1)COC(=O)N2. The number of alkyl carbamates (subject to hydrolysis) is 1. The Bertz CT molecular complexity index is 841. The van der Waals surface area contributed by atoms with E-state index < -0.39 is 5.60 Å². The molecule has 4 rings (SSSR count). The number of rotatable bonds is 5. The molecule has 1 aromatic carbocycles. The number of nitrogens with zero attached hydrogens (tertiary/aromatic N) is 4. The lowest BCUT2D eigenvalue weighted by Crippen LogP contribution is -2.53. The Kier molecular flexibility index (Phi) is 4.74. The van der Waals surface area contributed by atoms with Crippen molar-refractivity contribution in [3.05, 3.63) is 41.7 Å². The molecule has 0 bridgehead atoms. The van der Waals surface area contributed by atoms with Crippen LogP contribution in [0.25, 0.3) is 0 Å². The first-order valence-corrected chi connectivity index (χ1v) is 9.82. The van der Waals surface area contributed by atoms with Crippen molar-refractivity contribution in [2.75, 3.05) is 24.6 Å². The topological polar surface area (TPSA) is 92.5 Å². The third kappa shape index (κ3) is 3.44. The largest absolute Gasteiger partial charge is 0.447 e. The summed E-state index contributed by atoms with van der Waals surface area (Å²) in [7, 11) is 0. The Morgan fingerprint density at radius 2 is 1.96 bits per heavy atom. The molecule has 2 aromatic rings. The predicted molar refractivity (Wildman–Crippen MR) is 104 cm³/mol. The van der Waals surface area contributed by atoms with Gasteiger partial charge in [0.15, 0.2) is 0 Å². The highest BCUT2D eigenvalue weighted by Gasteiger charge is 2.42. The minimum atomic E-state index is -1.02. The Morgan fingerprint density at radius 1 is 1.25 bits per heavy atom. The summed E-state index contributed by atoms with van der Waals surface area (Å²) in [6.07, 6.45) is 1.69. The normalized spacial score (nSPS) is 20.7. The molecule has 28 heavy (non-hydrogen) atoms. The average Bonchev–Trinajstić information content (AvgIpc) is 3.26. The number of cyclic esters (lactones) is 1. The van der Waals surface area contributed by atoms with Crippen LogP contribution in [0.4, 0.5) is 10.7 Å². The Hall–Kier alpha value is -2.61. The van der Waals surface area contributed by atoms with Crippen molar-refractivity contribution in [1.82, 2.24) is 20.1 Å². The van der Waals surface area contributed by atoms with Crippen LogP contribution in [0.5, 0.6) is 0 Å². The first-order valence-electron chi connectivity index (χ1n) is 9.82. The van der Waals surface area contributed by atoms with Gasteiger partial charge in [0, 0.05) is 26.1 Å². The third-order valence-corrected chi connectivity index (χ3v) is 5.87. The Morgan fingerprint density at radius 3 is 2.57 bits per heavy atom. The summed E-state index contributed by atoms with van der Waals surface area (Å²) in [4.78, 5) is 13.6. The van der Waals surface area contributed by atoms with Gasteiger partial charge in [-0.25, -0.2) is 4.79 Å². The van der Waals surface area contributed by atoms with Gasteiger partial charge in [-0.1, -0.05) is 30.3 Å². The zero-order chi connectivity index (χ0) is 19.8. The molecule has 8 nitrogen and oxygen atoms in total. The standard InChI is InChI=1S/C20H27N5O3/c1-3-25-16(13-19(2,27)15-7-5-4-6-8-15)22-23-17(25)24-11-9-20(10-12-24)14-28-18(26)21-20/h4-8,27H,3,9-14H2,1-2H3,(H,21,26). The van der Waals surface area contributed by atoms with Crippen LogP contribution in [0.2, 0.25) is 0 Å². The highest BCUT2D eigenvalue weighted by Crippen LogP contribution is 2.30. The maximum atomic E-state index is 11.4. The second kappa shape index (κ2) is 7.09. The summed E-state index contributed by atoms with van der Waals surface area (Å²) < 4.78 is 7.17. The predicted octanol–water partition coefficient (Wildman–Crippen LogP) is 1.83. The molecular weight excluding hydrogens is 358 g/mol. The van der Waals surface area contributed by atoms with Gasteiger partial charge in [0.25, 0.3) is 0 Å². The highest BCUT2D eigenvalue weighted by atomic mass is 16.6. The van der Waals surface area contributed by atoms with Crippen LogP contribution < -0.4 is 10.2 Å². The van der Waals surface area contributed by atoms with Crippen molar-refractivity contribution in [3.8, 4) is 0 Å². The molecule has 2 aliphatic rings. The summed E-state index contributed by atoms with van der Waals surface area (Å²) in [5.74, 6) is 1.59. The van der Waals surface area contributed by atoms with Crippen LogP contribution >= 0.6 is 0 Å². The fraction of sp³-hybridized carbons (Fsp3) is 0.550. The first-order chi connectivity index (χ1) is 13.4. The number of ether oxygens (including phenoxy) is 1. The van der Waals surface area contributed by atoms with Crippen LogP contribution in [0, 0.1) is 0 Å². The molecule has 2 aliphatic heterocycles. The van der Waals surface area contributed by atoms with Gasteiger partial charge >= 0.3 is 6.09 Å². The van der Waals surface area contributed by atoms with Gasteiger partial charge in [-0.05, 0) is 32.3 Å². The van der Waals surface area contributed by atoms with Gasteiger partial charge < -0.3 is 20.1 Å². The van der Waals surface area contributed by atoms with E-state index in [0.717, 1.165) is 49.8 Å². The lowest BCUT2D eigenvalue weighted by molar-refractivity contribution is 0.0545. The molecule has 0 aliphatic carbocycles. The fourth-order valence-corrected chi connectivity index (χ4v) is 4.12. The van der Waals surface area contributed by atoms with E-state index in [1.807, 2.05) is 37.3 Å². The van der Waals surface area contributed by atoms with Gasteiger partial charge in [-0.15, -0.1) is 10.2 Å². The van der Waals surface area contributed by atoms with E-state index in [0.29, 0.717) is 13.0 Å². The zero-order valence-electron chi connectivity index (χ0n) is 16.4. The molecule has 2 saturated heterocycles. The first kappa shape index (κ1) is 18.7. The van der Waals surface area contributed by atoms with E-state index in [2.05, 4.69) is 31.9 Å². The molecule has 1 unspecified atom stereocenters. The van der Waals surface area contributed by atoms with Crippen LogP contribution in [0.15, 0.2) is 30.3 Å². The molecule has 2 fully saturated rings. The van der Waals surface area contributed by atoms with E-state index >= 15 is 0 Å². The monoisotopic (exact) mass is 385 g/mol. The molecule has 3 heterocycles. The summed E-state index contributed by atoms with van der Waals surface area (Å²) in [5, 5.41) is 22.8. The number of aliphatic hydroxyl groups is 1. The Balaban J connectivity index is 1.50. The maximum absolute atomic E-state index is 11.4. The molecule has 1 spiro atoms. The number of carbonyl (C=O) groups is 1. The van der Waals surface area contributed by atoms with Gasteiger partial charge in [0.05, 0.1) is 11.1 Å². The molecule has 8 heteroatoms. The number of benzene rings is 1. The van der Waals surface area contributed by atoms with Crippen LogP contribution in [0.3, 0.4) is 0 Å². The summed E-state index contributed by atoms with van der Waals surface area (Å²) >= 11 is 0. The number of hydrogen-bond acceptors (Lipinski definition) is 6. The number of carbonyl (C=O) groups excluding carboxylic acids is 1. The van der Waals surface area contributed by atoms with E-state index in [1.165, 1.54) is 0 Å². The number of nitrogens with one attached hydrogen (secondary N) is 1. The molecule has 1 amide bonds. The second-order valence-corrected chi connectivity index (χ2v) is 7.95. The molecule has 0 radical (unpaired) electrons. The van der Waals surface area contributed by atoms with E-state index in [9.17, 15) is 9.90 Å². The summed E-state index contributed by atoms with van der Waals surface area (Å²) in [6.45, 7) is 6.58. The van der Waals surface area contributed by atoms with Gasteiger partial charge in [-0.2, -0.15) is 0 Å². The summed E-state index contributed by atoms with van der Waals surface area (Å²) in [6, 6.07) is 9.64. The van der Waals surface area contributed by atoms with Crippen molar-refractivity contribution in [2.24, 2.45) is 0 Å². The smallest absolute Gasteiger partial charge is 0.407 e. The van der Waals surface area contributed by atoms with Crippen molar-refractivity contribution in [1.29, 1.82) is 0 Å². The van der Waals surface area contributed by atoms with Gasteiger partial charge in [-0.3, -0.25) is 4.57 Å². The molecule has 1 aromatic heterocycles. The van der Waals surface area contributed by atoms with E-state index in [4.69, 9.17) is 4.74 Å². The van der Waals surface area contributed by atoms with Crippen LogP contribution in [0.1, 0.15) is 38.1 Å². The van der Waals surface area contributed by atoms with Gasteiger partial charge in [0.2, 0.25) is 5.95 Å². The average molecular weight is 385 g/mol. The van der Waals surface area contributed by atoms with Gasteiger partial charge in [0.1, 0.15) is 12.4 Å².